The van der Waals surface area contributed by atoms with Gasteiger partial charge in [0.2, 0.25) is 0 Å². The van der Waals surface area contributed by atoms with E-state index in [-0.39, 0.29) is 0 Å². The van der Waals surface area contributed by atoms with Crippen molar-refractivity contribution < 1.29 is 0 Å². The van der Waals surface area contributed by atoms with Crippen molar-refractivity contribution in [1.29, 1.82) is 0 Å². The zero-order valence-electron chi connectivity index (χ0n) is 9.15. The predicted molar refractivity (Wildman–Crippen MR) is 68.3 cm³/mol. The minimum atomic E-state index is 0.356. The van der Waals surface area contributed by atoms with E-state index in [1.165, 1.54) is 19.3 Å². The Balaban J connectivity index is 4.29. The van der Waals surface area contributed by atoms with E-state index in [0.717, 1.165) is 17.6 Å². The first-order valence-corrected chi connectivity index (χ1v) is 6.68. The van der Waals surface area contributed by atoms with E-state index in [4.69, 9.17) is 5.73 Å². The van der Waals surface area contributed by atoms with Crippen molar-refractivity contribution in [2.75, 3.05) is 17.6 Å². The van der Waals surface area contributed by atoms with Gasteiger partial charge in [-0.2, -0.15) is 0 Å². The number of rotatable bonds is 7. The normalized spacial score (nSPS) is 16.2. The fourth-order valence-corrected chi connectivity index (χ4v) is 2.89. The number of hydrogen-bond donors (Lipinski definition) is 1. The summed E-state index contributed by atoms with van der Waals surface area (Å²) < 4.78 is 1.08. The molecule has 0 rings (SSSR count). The van der Waals surface area contributed by atoms with Crippen molar-refractivity contribution in [2.45, 2.75) is 45.6 Å². The zero-order valence-corrected chi connectivity index (χ0v) is 11.3. The van der Waals surface area contributed by atoms with Gasteiger partial charge >= 0.3 is 0 Å². The zero-order chi connectivity index (χ0) is 10.3. The van der Waals surface area contributed by atoms with Crippen LogP contribution in [0.25, 0.3) is 0 Å². The Bertz CT molecular complexity index is 130. The van der Waals surface area contributed by atoms with Crippen molar-refractivity contribution in [1.82, 2.24) is 4.90 Å². The van der Waals surface area contributed by atoms with Gasteiger partial charge in [-0.25, -0.2) is 0 Å². The van der Waals surface area contributed by atoms with Gasteiger partial charge in [-0.3, -0.25) is 4.90 Å². The van der Waals surface area contributed by atoms with Crippen LogP contribution in [0.2, 0.25) is 0 Å². The number of hydrogen-bond acceptors (Lipinski definition) is 2. The van der Waals surface area contributed by atoms with Crippen molar-refractivity contribution in [3.05, 3.63) is 0 Å². The lowest BCUT2D eigenvalue weighted by atomic mass is 9.91. The maximum absolute atomic E-state index is 5.61. The molecule has 0 saturated carbocycles. The maximum atomic E-state index is 5.61. The third-order valence-corrected chi connectivity index (χ3v) is 3.68. The number of nitrogens with zero attached hydrogens (tertiary/aromatic N) is 1. The molecule has 0 aliphatic carbocycles. The fraction of sp³-hybridized carbons (Fsp3) is 1.00. The topological polar surface area (TPSA) is 29.3 Å². The smallest absolute Gasteiger partial charge is 0.0511 e. The highest BCUT2D eigenvalue weighted by atomic mass is 127. The summed E-state index contributed by atoms with van der Waals surface area (Å²) in [4.78, 5) is 2.50. The molecule has 0 aliphatic heterocycles. The lowest BCUT2D eigenvalue weighted by molar-refractivity contribution is 0.120. The summed E-state index contributed by atoms with van der Waals surface area (Å²) in [6, 6.07) is 0. The van der Waals surface area contributed by atoms with Crippen LogP contribution in [0.5, 0.6) is 0 Å². The Kier molecular flexibility index (Phi) is 7.36. The first-order valence-electron chi connectivity index (χ1n) is 5.15. The van der Waals surface area contributed by atoms with Crippen molar-refractivity contribution in [2.24, 2.45) is 5.73 Å². The number of nitrogens with two attached hydrogens (primary N) is 1. The summed E-state index contributed by atoms with van der Waals surface area (Å²) >= 11 is 2.43. The van der Waals surface area contributed by atoms with E-state index >= 15 is 0 Å². The van der Waals surface area contributed by atoms with Crippen LogP contribution in [0.1, 0.15) is 40.0 Å². The third kappa shape index (κ3) is 4.13. The van der Waals surface area contributed by atoms with E-state index in [2.05, 4.69) is 48.3 Å². The highest BCUT2D eigenvalue weighted by molar-refractivity contribution is 14.1. The second kappa shape index (κ2) is 7.01. The van der Waals surface area contributed by atoms with Crippen molar-refractivity contribution in [3.8, 4) is 0 Å². The first kappa shape index (κ1) is 13.7. The van der Waals surface area contributed by atoms with Crippen LogP contribution in [0, 0.1) is 0 Å². The van der Waals surface area contributed by atoms with E-state index in [1.807, 2.05) is 0 Å². The molecule has 13 heavy (non-hydrogen) atoms. The SMILES string of the molecule is CCCC(C)(CC)N(CI)CCN. The highest BCUT2D eigenvalue weighted by Gasteiger charge is 2.27. The summed E-state index contributed by atoms with van der Waals surface area (Å²) in [5.74, 6) is 0. The lowest BCUT2D eigenvalue weighted by Crippen LogP contribution is -2.47. The van der Waals surface area contributed by atoms with Crippen LogP contribution in [0.3, 0.4) is 0 Å². The second-order valence-electron chi connectivity index (χ2n) is 3.77. The molecule has 1 atom stereocenters. The summed E-state index contributed by atoms with van der Waals surface area (Å²) in [6.07, 6.45) is 3.73. The molecule has 0 radical (unpaired) electrons. The molecule has 0 fully saturated rings. The number of alkyl halides is 1. The van der Waals surface area contributed by atoms with E-state index in [0.29, 0.717) is 5.54 Å². The molecule has 0 spiro atoms. The number of halogens is 1. The average molecular weight is 298 g/mol. The third-order valence-electron chi connectivity index (χ3n) is 2.86. The van der Waals surface area contributed by atoms with E-state index in [9.17, 15) is 0 Å². The molecular formula is C10H23IN2. The molecule has 0 aromatic carbocycles. The largest absolute Gasteiger partial charge is 0.329 e. The fourth-order valence-electron chi connectivity index (χ4n) is 1.73. The van der Waals surface area contributed by atoms with Gasteiger partial charge in [-0.05, 0) is 19.8 Å². The van der Waals surface area contributed by atoms with Gasteiger partial charge < -0.3 is 5.73 Å². The van der Waals surface area contributed by atoms with Gasteiger partial charge in [0.15, 0.2) is 0 Å². The first-order chi connectivity index (χ1) is 6.14. The van der Waals surface area contributed by atoms with Crippen LogP contribution in [0.4, 0.5) is 0 Å². The van der Waals surface area contributed by atoms with Gasteiger partial charge in [-0.15, -0.1) is 0 Å². The van der Waals surface area contributed by atoms with Crippen LogP contribution in [-0.4, -0.2) is 28.1 Å². The molecule has 0 aromatic rings. The minimum absolute atomic E-state index is 0.356. The molecule has 2 nitrogen and oxygen atoms in total. The standard InChI is InChI=1S/C10H23IN2/c1-4-6-10(3,5-2)13(9-11)8-7-12/h4-9,12H2,1-3H3. The second-order valence-corrected chi connectivity index (χ2v) is 4.45. The van der Waals surface area contributed by atoms with Crippen LogP contribution in [0.15, 0.2) is 0 Å². The van der Waals surface area contributed by atoms with Crippen LogP contribution >= 0.6 is 22.6 Å². The Morgan fingerprint density at radius 1 is 1.38 bits per heavy atom. The summed E-state index contributed by atoms with van der Waals surface area (Å²) in [7, 11) is 0. The quantitative estimate of drug-likeness (QED) is 0.445. The van der Waals surface area contributed by atoms with Crippen LogP contribution in [-0.2, 0) is 0 Å². The summed E-state index contributed by atoms with van der Waals surface area (Å²) in [5, 5.41) is 0. The molecule has 0 aliphatic rings. The Morgan fingerprint density at radius 2 is 2.00 bits per heavy atom. The predicted octanol–water partition coefficient (Wildman–Crippen LogP) is 2.61. The van der Waals surface area contributed by atoms with Gasteiger partial charge in [-0.1, -0.05) is 42.9 Å². The summed E-state index contributed by atoms with van der Waals surface area (Å²) in [5.41, 5.74) is 5.96. The Hall–Kier alpha value is 0.650. The lowest BCUT2D eigenvalue weighted by Gasteiger charge is -2.39. The molecule has 3 heteroatoms. The Morgan fingerprint density at radius 3 is 2.31 bits per heavy atom. The summed E-state index contributed by atoms with van der Waals surface area (Å²) in [6.45, 7) is 8.66. The monoisotopic (exact) mass is 298 g/mol. The molecule has 80 valence electrons. The van der Waals surface area contributed by atoms with E-state index in [1.54, 1.807) is 0 Å². The van der Waals surface area contributed by atoms with Crippen molar-refractivity contribution in [3.63, 3.8) is 0 Å². The molecule has 0 heterocycles. The maximum Gasteiger partial charge on any atom is 0.0511 e. The van der Waals surface area contributed by atoms with Crippen LogP contribution < -0.4 is 5.73 Å². The molecular weight excluding hydrogens is 275 g/mol. The highest BCUT2D eigenvalue weighted by Crippen LogP contribution is 2.25. The van der Waals surface area contributed by atoms with Gasteiger partial charge in [0, 0.05) is 18.6 Å². The van der Waals surface area contributed by atoms with Gasteiger partial charge in [0.05, 0.1) is 4.55 Å². The Labute approximate surface area is 96.4 Å². The molecule has 0 bridgehead atoms. The molecule has 0 amide bonds. The van der Waals surface area contributed by atoms with Gasteiger partial charge in [0.1, 0.15) is 0 Å². The van der Waals surface area contributed by atoms with E-state index < -0.39 is 0 Å². The molecule has 0 saturated heterocycles. The van der Waals surface area contributed by atoms with Crippen molar-refractivity contribution >= 4 is 22.6 Å². The minimum Gasteiger partial charge on any atom is -0.329 e. The molecule has 0 aromatic heterocycles. The average Bonchev–Trinajstić information content (AvgIpc) is 2.14. The van der Waals surface area contributed by atoms with Gasteiger partial charge in [0.25, 0.3) is 0 Å². The molecule has 2 N–H and O–H groups in total. The molecule has 1 unspecified atom stereocenters.